The van der Waals surface area contributed by atoms with Crippen LogP contribution in [0.3, 0.4) is 0 Å². The molecule has 1 aliphatic carbocycles. The van der Waals surface area contributed by atoms with Gasteiger partial charge in [0.15, 0.2) is 0 Å². The number of pyridine rings is 1. The monoisotopic (exact) mass is 326 g/mol. The summed E-state index contributed by atoms with van der Waals surface area (Å²) in [4.78, 5) is 30.2. The molecule has 1 N–H and O–H groups in total. The zero-order chi connectivity index (χ0) is 17.3. The molecule has 3 rings (SSSR count). The van der Waals surface area contributed by atoms with E-state index in [1.165, 1.54) is 0 Å². The van der Waals surface area contributed by atoms with Gasteiger partial charge in [-0.2, -0.15) is 0 Å². The van der Waals surface area contributed by atoms with Crippen molar-refractivity contribution in [2.45, 2.75) is 39.0 Å². The van der Waals surface area contributed by atoms with E-state index in [4.69, 9.17) is 10.1 Å². The first kappa shape index (κ1) is 16.4. The summed E-state index contributed by atoms with van der Waals surface area (Å²) >= 11 is 0. The number of rotatable bonds is 6. The van der Waals surface area contributed by atoms with E-state index in [1.54, 1.807) is 4.90 Å². The van der Waals surface area contributed by atoms with Crippen LogP contribution in [0.1, 0.15) is 53.7 Å². The third-order valence-electron chi connectivity index (χ3n) is 4.47. The van der Waals surface area contributed by atoms with Crippen LogP contribution in [-0.4, -0.2) is 40.0 Å². The number of hydrogen-bond donors (Lipinski definition) is 1. The van der Waals surface area contributed by atoms with Crippen LogP contribution in [-0.2, 0) is 4.79 Å². The smallest absolute Gasteiger partial charge is 0.305 e. The second-order valence-electron chi connectivity index (χ2n) is 6.42. The van der Waals surface area contributed by atoms with E-state index in [1.807, 2.05) is 38.1 Å². The minimum absolute atomic E-state index is 0.0445. The normalized spacial score (nSPS) is 13.9. The molecule has 1 aromatic carbocycles. The van der Waals surface area contributed by atoms with Crippen molar-refractivity contribution < 1.29 is 14.7 Å². The lowest BCUT2D eigenvalue weighted by molar-refractivity contribution is -0.137. The molecule has 0 radical (unpaired) electrons. The van der Waals surface area contributed by atoms with Crippen LogP contribution >= 0.6 is 0 Å². The van der Waals surface area contributed by atoms with E-state index in [0.717, 1.165) is 35.0 Å². The van der Waals surface area contributed by atoms with Crippen molar-refractivity contribution in [3.8, 4) is 0 Å². The van der Waals surface area contributed by atoms with Gasteiger partial charge >= 0.3 is 5.97 Å². The number of nitrogens with zero attached hydrogens (tertiary/aromatic N) is 2. The van der Waals surface area contributed by atoms with E-state index < -0.39 is 5.97 Å². The summed E-state index contributed by atoms with van der Waals surface area (Å²) in [5.41, 5.74) is 3.52. The number of aryl methyl sites for hydroxylation is 1. The average molecular weight is 326 g/mol. The second kappa shape index (κ2) is 6.59. The molecule has 5 nitrogen and oxygen atoms in total. The van der Waals surface area contributed by atoms with Crippen molar-refractivity contribution in [3.05, 3.63) is 41.1 Å². The van der Waals surface area contributed by atoms with Gasteiger partial charge in [-0.05, 0) is 44.9 Å². The fourth-order valence-electron chi connectivity index (χ4n) is 2.93. The van der Waals surface area contributed by atoms with Crippen LogP contribution in [0.4, 0.5) is 0 Å². The summed E-state index contributed by atoms with van der Waals surface area (Å²) in [6.07, 6.45) is 2.19. The summed E-state index contributed by atoms with van der Waals surface area (Å²) in [6, 6.07) is 7.85. The van der Waals surface area contributed by atoms with E-state index in [0.29, 0.717) is 18.0 Å². The van der Waals surface area contributed by atoms with Crippen molar-refractivity contribution in [1.82, 2.24) is 9.88 Å². The maximum absolute atomic E-state index is 13.0. The van der Waals surface area contributed by atoms with E-state index in [2.05, 4.69) is 0 Å². The first-order valence-electron chi connectivity index (χ1n) is 8.42. The van der Waals surface area contributed by atoms with Gasteiger partial charge in [0, 0.05) is 30.1 Å². The van der Waals surface area contributed by atoms with Crippen molar-refractivity contribution in [1.29, 1.82) is 0 Å². The molecule has 0 spiro atoms. The summed E-state index contributed by atoms with van der Waals surface area (Å²) in [7, 11) is 0. The Morgan fingerprint density at radius 1 is 1.29 bits per heavy atom. The largest absolute Gasteiger partial charge is 0.481 e. The molecular weight excluding hydrogens is 304 g/mol. The molecule has 5 heteroatoms. The fraction of sp³-hybridized carbons (Fsp3) is 0.421. The molecule has 0 atom stereocenters. The number of carbonyl (C=O) groups excluding carboxylic acids is 1. The Bertz CT molecular complexity index is 797. The van der Waals surface area contributed by atoms with Crippen LogP contribution in [0, 0.1) is 6.92 Å². The number of carboxylic acid groups (broad SMARTS) is 1. The zero-order valence-electron chi connectivity index (χ0n) is 14.1. The molecule has 1 amide bonds. The first-order chi connectivity index (χ1) is 11.5. The van der Waals surface area contributed by atoms with Crippen LogP contribution in [0.2, 0.25) is 0 Å². The van der Waals surface area contributed by atoms with Gasteiger partial charge in [0.05, 0.1) is 17.5 Å². The van der Waals surface area contributed by atoms with Crippen molar-refractivity contribution in [2.24, 2.45) is 0 Å². The quantitative estimate of drug-likeness (QED) is 0.883. The Labute approximate surface area is 141 Å². The van der Waals surface area contributed by atoms with Crippen molar-refractivity contribution in [3.63, 3.8) is 0 Å². The highest BCUT2D eigenvalue weighted by Crippen LogP contribution is 2.40. The summed E-state index contributed by atoms with van der Waals surface area (Å²) in [5, 5.41) is 9.74. The Hall–Kier alpha value is -2.43. The summed E-state index contributed by atoms with van der Waals surface area (Å²) in [6.45, 7) is 4.57. The highest BCUT2D eigenvalue weighted by Gasteiger charge is 2.28. The lowest BCUT2D eigenvalue weighted by atomic mass is 10.0. The Morgan fingerprint density at radius 2 is 2.04 bits per heavy atom. The standard InChI is InChI=1S/C19H22N2O3/c1-3-21(9-8-18(22)23)19(24)15-11-17(13-5-6-13)20-16-7-4-12(2)10-14(15)16/h4,7,10-11,13H,3,5-6,8-9H2,1-2H3,(H,22,23). The minimum Gasteiger partial charge on any atom is -0.481 e. The van der Waals surface area contributed by atoms with E-state index in [9.17, 15) is 9.59 Å². The van der Waals surface area contributed by atoms with Crippen LogP contribution < -0.4 is 0 Å². The molecule has 0 bridgehead atoms. The molecule has 0 unspecified atom stereocenters. The Morgan fingerprint density at radius 3 is 2.67 bits per heavy atom. The number of carboxylic acids is 1. The van der Waals surface area contributed by atoms with Crippen LogP contribution in [0.5, 0.6) is 0 Å². The molecule has 1 saturated carbocycles. The number of carbonyl (C=O) groups is 2. The van der Waals surface area contributed by atoms with Gasteiger partial charge in [-0.1, -0.05) is 11.6 Å². The van der Waals surface area contributed by atoms with Gasteiger partial charge < -0.3 is 10.0 Å². The fourth-order valence-corrected chi connectivity index (χ4v) is 2.93. The molecular formula is C19H22N2O3. The molecule has 0 aliphatic heterocycles. The third-order valence-corrected chi connectivity index (χ3v) is 4.47. The van der Waals surface area contributed by atoms with Gasteiger partial charge in [-0.3, -0.25) is 14.6 Å². The van der Waals surface area contributed by atoms with E-state index >= 15 is 0 Å². The third kappa shape index (κ3) is 3.40. The van der Waals surface area contributed by atoms with Crippen molar-refractivity contribution in [2.75, 3.05) is 13.1 Å². The second-order valence-corrected chi connectivity index (χ2v) is 6.42. The molecule has 0 saturated heterocycles. The lowest BCUT2D eigenvalue weighted by Crippen LogP contribution is -2.33. The number of aliphatic carboxylic acids is 1. The predicted molar refractivity (Wildman–Crippen MR) is 92.3 cm³/mol. The maximum Gasteiger partial charge on any atom is 0.305 e. The first-order valence-corrected chi connectivity index (χ1v) is 8.42. The van der Waals surface area contributed by atoms with Crippen molar-refractivity contribution >= 4 is 22.8 Å². The number of amides is 1. The molecule has 1 aromatic heterocycles. The van der Waals surface area contributed by atoms with Gasteiger partial charge in [0.25, 0.3) is 5.91 Å². The van der Waals surface area contributed by atoms with Crippen LogP contribution in [0.15, 0.2) is 24.3 Å². The molecule has 1 aliphatic rings. The van der Waals surface area contributed by atoms with Gasteiger partial charge in [0.1, 0.15) is 0 Å². The summed E-state index contributed by atoms with van der Waals surface area (Å²) in [5.74, 6) is -0.551. The highest BCUT2D eigenvalue weighted by molar-refractivity contribution is 6.06. The SMILES string of the molecule is CCN(CCC(=O)O)C(=O)c1cc(C2CC2)nc2ccc(C)cc12. The minimum atomic E-state index is -0.893. The molecule has 126 valence electrons. The van der Waals surface area contributed by atoms with Gasteiger partial charge in [-0.15, -0.1) is 0 Å². The highest BCUT2D eigenvalue weighted by atomic mass is 16.4. The van der Waals surface area contributed by atoms with Gasteiger partial charge in [-0.25, -0.2) is 0 Å². The van der Waals surface area contributed by atoms with Gasteiger partial charge in [0.2, 0.25) is 0 Å². The number of benzene rings is 1. The summed E-state index contributed by atoms with van der Waals surface area (Å²) < 4.78 is 0. The number of fused-ring (bicyclic) bond motifs is 1. The topological polar surface area (TPSA) is 70.5 Å². The Balaban J connectivity index is 2.03. The molecule has 2 aromatic rings. The lowest BCUT2D eigenvalue weighted by Gasteiger charge is -2.21. The molecule has 24 heavy (non-hydrogen) atoms. The molecule has 1 heterocycles. The maximum atomic E-state index is 13.0. The van der Waals surface area contributed by atoms with Crippen LogP contribution in [0.25, 0.3) is 10.9 Å². The molecule has 1 fully saturated rings. The number of aromatic nitrogens is 1. The average Bonchev–Trinajstić information content (AvgIpc) is 3.39. The van der Waals surface area contributed by atoms with E-state index in [-0.39, 0.29) is 18.9 Å². The zero-order valence-corrected chi connectivity index (χ0v) is 14.1. The Kier molecular flexibility index (Phi) is 4.51. The number of hydrogen-bond acceptors (Lipinski definition) is 3. The predicted octanol–water partition coefficient (Wildman–Crippen LogP) is 3.36.